The average Bonchev–Trinajstić information content (AvgIpc) is 2.30. The highest BCUT2D eigenvalue weighted by Gasteiger charge is 1.96. The van der Waals surface area contributed by atoms with E-state index in [0.29, 0.717) is 0 Å². The number of hydrogen-bond acceptors (Lipinski definition) is 2. The number of terminal acetylenes is 1. The van der Waals surface area contributed by atoms with E-state index in [-0.39, 0.29) is 0 Å². The molecule has 2 rings (SSSR count). The Morgan fingerprint density at radius 1 is 0.929 bits per heavy atom. The number of benzene rings is 1. The van der Waals surface area contributed by atoms with E-state index in [0.717, 1.165) is 16.7 Å². The molecule has 0 unspecified atom stereocenters. The fourth-order valence-electron chi connectivity index (χ4n) is 1.21. The summed E-state index contributed by atoms with van der Waals surface area (Å²) in [5.74, 6) is 2.57. The number of hydrogen-bond donors (Lipinski definition) is 0. The summed E-state index contributed by atoms with van der Waals surface area (Å²) in [4.78, 5) is 7.90. The monoisotopic (exact) mass is 180 g/mol. The maximum absolute atomic E-state index is 5.26. The molecule has 0 atom stereocenters. The Balaban J connectivity index is 2.40. The Bertz CT molecular complexity index is 452. The van der Waals surface area contributed by atoms with E-state index in [1.807, 2.05) is 24.3 Å². The van der Waals surface area contributed by atoms with Gasteiger partial charge in [0.05, 0.1) is 0 Å². The minimum atomic E-state index is 0.880. The van der Waals surface area contributed by atoms with Gasteiger partial charge >= 0.3 is 0 Å². The molecule has 0 saturated carbocycles. The third-order valence-corrected chi connectivity index (χ3v) is 1.95. The lowest BCUT2D eigenvalue weighted by atomic mass is 10.1. The summed E-state index contributed by atoms with van der Waals surface area (Å²) in [5, 5.41) is 0. The van der Waals surface area contributed by atoms with Gasteiger partial charge in [0, 0.05) is 23.5 Å². The van der Waals surface area contributed by atoms with Crippen LogP contribution in [0.1, 0.15) is 5.56 Å². The van der Waals surface area contributed by atoms with Gasteiger partial charge in [-0.25, -0.2) is 9.97 Å². The Morgan fingerprint density at radius 2 is 1.57 bits per heavy atom. The molecular formula is C12H8N2. The highest BCUT2D eigenvalue weighted by atomic mass is 14.8. The maximum atomic E-state index is 5.26. The zero-order valence-corrected chi connectivity index (χ0v) is 7.51. The molecule has 0 saturated heterocycles. The van der Waals surface area contributed by atoms with Gasteiger partial charge < -0.3 is 0 Å². The van der Waals surface area contributed by atoms with Crippen LogP contribution in [0.2, 0.25) is 0 Å². The Kier molecular flexibility index (Phi) is 2.24. The number of rotatable bonds is 1. The molecule has 14 heavy (non-hydrogen) atoms. The third-order valence-electron chi connectivity index (χ3n) is 1.95. The molecule has 0 aliphatic heterocycles. The lowest BCUT2D eigenvalue weighted by molar-refractivity contribution is 1.17. The molecule has 0 spiro atoms. The van der Waals surface area contributed by atoms with Crippen LogP contribution in [0.25, 0.3) is 11.1 Å². The van der Waals surface area contributed by atoms with Crippen LogP contribution < -0.4 is 0 Å². The van der Waals surface area contributed by atoms with Crippen LogP contribution in [0.5, 0.6) is 0 Å². The van der Waals surface area contributed by atoms with Gasteiger partial charge in [0.25, 0.3) is 0 Å². The highest BCUT2D eigenvalue weighted by molar-refractivity contribution is 5.62. The molecule has 66 valence electrons. The largest absolute Gasteiger partial charge is 0.244 e. The van der Waals surface area contributed by atoms with E-state index in [1.54, 1.807) is 12.4 Å². The fourth-order valence-corrected chi connectivity index (χ4v) is 1.21. The van der Waals surface area contributed by atoms with Crippen molar-refractivity contribution < 1.29 is 0 Å². The van der Waals surface area contributed by atoms with Crippen molar-refractivity contribution in [1.82, 2.24) is 9.97 Å². The van der Waals surface area contributed by atoms with Crippen molar-refractivity contribution in [2.75, 3.05) is 0 Å². The molecule has 0 bridgehead atoms. The van der Waals surface area contributed by atoms with E-state index in [9.17, 15) is 0 Å². The van der Waals surface area contributed by atoms with Crippen LogP contribution >= 0.6 is 0 Å². The predicted octanol–water partition coefficient (Wildman–Crippen LogP) is 2.12. The maximum Gasteiger partial charge on any atom is 0.115 e. The second-order valence-corrected chi connectivity index (χ2v) is 2.85. The van der Waals surface area contributed by atoms with Crippen LogP contribution in [0.4, 0.5) is 0 Å². The van der Waals surface area contributed by atoms with Crippen molar-refractivity contribution >= 4 is 0 Å². The molecule has 0 aliphatic rings. The van der Waals surface area contributed by atoms with Gasteiger partial charge in [-0.05, 0) is 17.7 Å². The Morgan fingerprint density at radius 3 is 2.14 bits per heavy atom. The summed E-state index contributed by atoms with van der Waals surface area (Å²) in [6.45, 7) is 0. The molecule has 1 aromatic carbocycles. The van der Waals surface area contributed by atoms with Gasteiger partial charge in [-0.15, -0.1) is 6.42 Å². The van der Waals surface area contributed by atoms with Gasteiger partial charge in [0.15, 0.2) is 0 Å². The first-order chi connectivity index (χ1) is 6.90. The van der Waals surface area contributed by atoms with E-state index >= 15 is 0 Å². The van der Waals surface area contributed by atoms with Crippen LogP contribution in [-0.2, 0) is 0 Å². The molecule has 0 aliphatic carbocycles. The molecule has 0 fully saturated rings. The van der Waals surface area contributed by atoms with Crippen molar-refractivity contribution in [2.45, 2.75) is 0 Å². The molecule has 0 amide bonds. The lowest BCUT2D eigenvalue weighted by Crippen LogP contribution is -1.82. The summed E-state index contributed by atoms with van der Waals surface area (Å²) >= 11 is 0. The van der Waals surface area contributed by atoms with Gasteiger partial charge in [-0.2, -0.15) is 0 Å². The van der Waals surface area contributed by atoms with Crippen LogP contribution in [0, 0.1) is 12.3 Å². The lowest BCUT2D eigenvalue weighted by Gasteiger charge is -1.99. The standard InChI is InChI=1S/C12H8N2/c1-2-10-3-5-11(6-4-10)12-7-13-9-14-8-12/h1,3-9H. The Hall–Kier alpha value is -2.14. The quantitative estimate of drug-likeness (QED) is 0.628. The molecule has 0 N–H and O–H groups in total. The number of nitrogens with zero attached hydrogens (tertiary/aromatic N) is 2. The fraction of sp³-hybridized carbons (Fsp3) is 0. The van der Waals surface area contributed by atoms with Crippen molar-refractivity contribution in [1.29, 1.82) is 0 Å². The van der Waals surface area contributed by atoms with Gasteiger partial charge in [0.1, 0.15) is 6.33 Å². The third kappa shape index (κ3) is 1.62. The molecule has 2 nitrogen and oxygen atoms in total. The van der Waals surface area contributed by atoms with Crippen LogP contribution in [0.15, 0.2) is 43.0 Å². The van der Waals surface area contributed by atoms with E-state index in [2.05, 4.69) is 15.9 Å². The van der Waals surface area contributed by atoms with Crippen molar-refractivity contribution in [2.24, 2.45) is 0 Å². The predicted molar refractivity (Wildman–Crippen MR) is 55.4 cm³/mol. The molecule has 1 heterocycles. The molecule has 2 aromatic rings. The van der Waals surface area contributed by atoms with Crippen molar-refractivity contribution in [3.63, 3.8) is 0 Å². The molecule has 1 aromatic heterocycles. The van der Waals surface area contributed by atoms with Crippen LogP contribution in [-0.4, -0.2) is 9.97 Å². The van der Waals surface area contributed by atoms with Crippen LogP contribution in [0.3, 0.4) is 0 Å². The van der Waals surface area contributed by atoms with Crippen molar-refractivity contribution in [3.8, 4) is 23.5 Å². The Labute approximate surface area is 82.7 Å². The second-order valence-electron chi connectivity index (χ2n) is 2.85. The second kappa shape index (κ2) is 3.71. The van der Waals surface area contributed by atoms with E-state index in [4.69, 9.17) is 6.42 Å². The van der Waals surface area contributed by atoms with Gasteiger partial charge in [0.2, 0.25) is 0 Å². The highest BCUT2D eigenvalue weighted by Crippen LogP contribution is 2.16. The first-order valence-corrected chi connectivity index (χ1v) is 4.22. The minimum Gasteiger partial charge on any atom is -0.244 e. The summed E-state index contributed by atoms with van der Waals surface area (Å²) in [5.41, 5.74) is 2.95. The molecule has 0 radical (unpaired) electrons. The average molecular weight is 180 g/mol. The zero-order chi connectivity index (χ0) is 9.80. The topological polar surface area (TPSA) is 25.8 Å². The normalized spacial score (nSPS) is 9.36. The molecular weight excluding hydrogens is 172 g/mol. The SMILES string of the molecule is C#Cc1ccc(-c2cncnc2)cc1. The van der Waals surface area contributed by atoms with E-state index in [1.165, 1.54) is 6.33 Å². The van der Waals surface area contributed by atoms with Gasteiger partial charge in [-0.3, -0.25) is 0 Å². The first-order valence-electron chi connectivity index (χ1n) is 4.22. The minimum absolute atomic E-state index is 0.880. The van der Waals surface area contributed by atoms with E-state index < -0.39 is 0 Å². The summed E-state index contributed by atoms with van der Waals surface area (Å²) in [6, 6.07) is 7.74. The summed E-state index contributed by atoms with van der Waals surface area (Å²) in [7, 11) is 0. The van der Waals surface area contributed by atoms with Crippen molar-refractivity contribution in [3.05, 3.63) is 48.5 Å². The summed E-state index contributed by atoms with van der Waals surface area (Å²) in [6.07, 6.45) is 10.3. The molecule has 2 heteroatoms. The van der Waals surface area contributed by atoms with Gasteiger partial charge in [-0.1, -0.05) is 18.1 Å². The smallest absolute Gasteiger partial charge is 0.115 e. The zero-order valence-electron chi connectivity index (χ0n) is 7.51. The summed E-state index contributed by atoms with van der Waals surface area (Å²) < 4.78 is 0. The number of aromatic nitrogens is 2. The first kappa shape index (κ1) is 8.46.